The lowest BCUT2D eigenvalue weighted by molar-refractivity contribution is 0.560. The largest absolute Gasteiger partial charge is 0.423 e. The molecule has 0 bridgehead atoms. The third-order valence-electron chi connectivity index (χ3n) is 4.47. The SMILES string of the molecule is Cc1cc(=O)oc2cc(NC(=S)Nc3ccccc3-c3ccccc3)ccc12. The Labute approximate surface area is 167 Å². The monoisotopic (exact) mass is 386 g/mol. The maximum Gasteiger partial charge on any atom is 0.336 e. The highest BCUT2D eigenvalue weighted by molar-refractivity contribution is 7.80. The second-order valence-electron chi connectivity index (χ2n) is 6.45. The van der Waals surface area contributed by atoms with Gasteiger partial charge in [0.2, 0.25) is 0 Å². The third-order valence-corrected chi connectivity index (χ3v) is 4.67. The fourth-order valence-electron chi connectivity index (χ4n) is 3.15. The van der Waals surface area contributed by atoms with Gasteiger partial charge in [-0.2, -0.15) is 0 Å². The summed E-state index contributed by atoms with van der Waals surface area (Å²) in [5.74, 6) is 0. The van der Waals surface area contributed by atoms with Gasteiger partial charge in [0.05, 0.1) is 0 Å². The lowest BCUT2D eigenvalue weighted by Crippen LogP contribution is -2.19. The number of nitrogens with one attached hydrogen (secondary N) is 2. The lowest BCUT2D eigenvalue weighted by Gasteiger charge is -2.14. The van der Waals surface area contributed by atoms with E-state index in [1.165, 1.54) is 6.07 Å². The molecule has 0 aliphatic rings. The Bertz CT molecular complexity index is 1220. The van der Waals surface area contributed by atoms with Gasteiger partial charge in [-0.1, -0.05) is 48.5 Å². The van der Waals surface area contributed by atoms with Gasteiger partial charge in [-0.05, 0) is 48.5 Å². The number of thiocarbonyl (C=S) groups is 1. The summed E-state index contributed by atoms with van der Waals surface area (Å²) in [5.41, 5.74) is 4.88. The summed E-state index contributed by atoms with van der Waals surface area (Å²) in [4.78, 5) is 11.6. The highest BCUT2D eigenvalue weighted by Gasteiger charge is 2.08. The summed E-state index contributed by atoms with van der Waals surface area (Å²) in [6.45, 7) is 1.89. The van der Waals surface area contributed by atoms with Crippen molar-refractivity contribution in [1.82, 2.24) is 0 Å². The average molecular weight is 386 g/mol. The highest BCUT2D eigenvalue weighted by atomic mass is 32.1. The first-order chi connectivity index (χ1) is 13.6. The van der Waals surface area contributed by atoms with Crippen LogP contribution in [0.4, 0.5) is 11.4 Å². The van der Waals surface area contributed by atoms with E-state index >= 15 is 0 Å². The summed E-state index contributed by atoms with van der Waals surface area (Å²) in [5, 5.41) is 7.77. The Balaban J connectivity index is 1.57. The minimum absolute atomic E-state index is 0.361. The molecule has 0 aliphatic carbocycles. The normalized spacial score (nSPS) is 10.6. The molecule has 0 spiro atoms. The van der Waals surface area contributed by atoms with Gasteiger partial charge < -0.3 is 15.1 Å². The van der Waals surface area contributed by atoms with Crippen LogP contribution in [0, 0.1) is 6.92 Å². The molecule has 0 radical (unpaired) electrons. The Morgan fingerprint density at radius 3 is 2.46 bits per heavy atom. The fraction of sp³-hybridized carbons (Fsp3) is 0.0435. The van der Waals surface area contributed by atoms with Crippen LogP contribution in [0.1, 0.15) is 5.56 Å². The van der Waals surface area contributed by atoms with Crippen molar-refractivity contribution in [2.24, 2.45) is 0 Å². The lowest BCUT2D eigenvalue weighted by atomic mass is 10.0. The molecule has 5 heteroatoms. The molecule has 0 saturated heterocycles. The van der Waals surface area contributed by atoms with E-state index in [0.717, 1.165) is 33.5 Å². The highest BCUT2D eigenvalue weighted by Crippen LogP contribution is 2.28. The number of hydrogen-bond donors (Lipinski definition) is 2. The first-order valence-corrected chi connectivity index (χ1v) is 9.28. The summed E-state index contributed by atoms with van der Waals surface area (Å²) in [7, 11) is 0. The number of rotatable bonds is 3. The van der Waals surface area contributed by atoms with Gasteiger partial charge in [-0.15, -0.1) is 0 Å². The smallest absolute Gasteiger partial charge is 0.336 e. The third kappa shape index (κ3) is 3.80. The molecule has 4 aromatic rings. The zero-order chi connectivity index (χ0) is 19.5. The molecule has 0 amide bonds. The molecule has 0 atom stereocenters. The van der Waals surface area contributed by atoms with Crippen LogP contribution in [0.5, 0.6) is 0 Å². The van der Waals surface area contributed by atoms with E-state index in [2.05, 4.69) is 22.8 Å². The minimum atomic E-state index is -0.361. The molecule has 0 saturated carbocycles. The number of benzene rings is 3. The van der Waals surface area contributed by atoms with Crippen molar-refractivity contribution in [1.29, 1.82) is 0 Å². The van der Waals surface area contributed by atoms with Crippen molar-refractivity contribution in [3.63, 3.8) is 0 Å². The number of fused-ring (bicyclic) bond motifs is 1. The zero-order valence-corrected chi connectivity index (χ0v) is 16.0. The van der Waals surface area contributed by atoms with Crippen LogP contribution in [0.15, 0.2) is 88.1 Å². The fourth-order valence-corrected chi connectivity index (χ4v) is 3.38. The Hall–Kier alpha value is -3.44. The van der Waals surface area contributed by atoms with Gasteiger partial charge in [0.25, 0.3) is 0 Å². The van der Waals surface area contributed by atoms with Crippen molar-refractivity contribution in [3.05, 3.63) is 94.8 Å². The van der Waals surface area contributed by atoms with Crippen molar-refractivity contribution in [2.75, 3.05) is 10.6 Å². The van der Waals surface area contributed by atoms with Gasteiger partial charge >= 0.3 is 5.63 Å². The van der Waals surface area contributed by atoms with Crippen LogP contribution < -0.4 is 16.3 Å². The van der Waals surface area contributed by atoms with E-state index in [4.69, 9.17) is 16.6 Å². The number of aryl methyl sites for hydroxylation is 1. The van der Waals surface area contributed by atoms with Crippen molar-refractivity contribution < 1.29 is 4.42 Å². The topological polar surface area (TPSA) is 54.3 Å². The minimum Gasteiger partial charge on any atom is -0.423 e. The van der Waals surface area contributed by atoms with E-state index in [9.17, 15) is 4.79 Å². The van der Waals surface area contributed by atoms with Crippen LogP contribution in [-0.2, 0) is 0 Å². The van der Waals surface area contributed by atoms with E-state index in [1.54, 1.807) is 6.07 Å². The summed E-state index contributed by atoms with van der Waals surface area (Å²) >= 11 is 5.49. The molecule has 4 rings (SSSR count). The first-order valence-electron chi connectivity index (χ1n) is 8.87. The van der Waals surface area contributed by atoms with Crippen LogP contribution >= 0.6 is 12.2 Å². The van der Waals surface area contributed by atoms with Gasteiger partial charge in [0, 0.05) is 34.5 Å². The van der Waals surface area contributed by atoms with Crippen LogP contribution in [0.3, 0.4) is 0 Å². The summed E-state index contributed by atoms with van der Waals surface area (Å²) in [6.07, 6.45) is 0. The van der Waals surface area contributed by atoms with Gasteiger partial charge in [-0.3, -0.25) is 0 Å². The molecule has 1 aromatic heterocycles. The molecule has 0 aliphatic heterocycles. The van der Waals surface area contributed by atoms with E-state index in [-0.39, 0.29) is 5.63 Å². The molecule has 1 heterocycles. The molecule has 28 heavy (non-hydrogen) atoms. The number of anilines is 2. The van der Waals surface area contributed by atoms with Crippen molar-refractivity contribution in [2.45, 2.75) is 6.92 Å². The molecule has 138 valence electrons. The van der Waals surface area contributed by atoms with Gasteiger partial charge in [0.15, 0.2) is 5.11 Å². The molecular formula is C23H18N2O2S. The Morgan fingerprint density at radius 2 is 1.64 bits per heavy atom. The average Bonchev–Trinajstić information content (AvgIpc) is 2.68. The van der Waals surface area contributed by atoms with Gasteiger partial charge in [-0.25, -0.2) is 4.79 Å². The predicted octanol–water partition coefficient (Wildman–Crippen LogP) is 5.58. The zero-order valence-electron chi connectivity index (χ0n) is 15.2. The second kappa shape index (κ2) is 7.66. The van der Waals surface area contributed by atoms with Crippen LogP contribution in [0.2, 0.25) is 0 Å². The molecule has 2 N–H and O–H groups in total. The Kier molecular flexibility index (Phi) is 4.91. The number of para-hydroxylation sites is 1. The predicted molar refractivity (Wildman–Crippen MR) is 119 cm³/mol. The van der Waals surface area contributed by atoms with Crippen LogP contribution in [0.25, 0.3) is 22.1 Å². The molecule has 0 unspecified atom stereocenters. The first kappa shape index (κ1) is 17.9. The van der Waals surface area contributed by atoms with Crippen molar-refractivity contribution in [3.8, 4) is 11.1 Å². The second-order valence-corrected chi connectivity index (χ2v) is 6.86. The standard InChI is InChI=1S/C23H18N2O2S/c1-15-13-22(26)27-21-14-17(11-12-18(15)21)24-23(28)25-20-10-6-5-9-19(20)16-7-3-2-4-8-16/h2-14H,1H3,(H2,24,25,28). The van der Waals surface area contributed by atoms with Crippen LogP contribution in [-0.4, -0.2) is 5.11 Å². The Morgan fingerprint density at radius 1 is 0.893 bits per heavy atom. The van der Waals surface area contributed by atoms with E-state index < -0.39 is 0 Å². The molecule has 0 fully saturated rings. The summed E-state index contributed by atoms with van der Waals surface area (Å²) < 4.78 is 5.30. The van der Waals surface area contributed by atoms with E-state index in [0.29, 0.717) is 10.7 Å². The number of hydrogen-bond acceptors (Lipinski definition) is 3. The molecule has 4 nitrogen and oxygen atoms in total. The molecular weight excluding hydrogens is 368 g/mol. The molecule has 3 aromatic carbocycles. The van der Waals surface area contributed by atoms with E-state index in [1.807, 2.05) is 61.5 Å². The maximum atomic E-state index is 11.6. The van der Waals surface area contributed by atoms with Gasteiger partial charge in [0.1, 0.15) is 5.58 Å². The quantitative estimate of drug-likeness (QED) is 0.356. The maximum absolute atomic E-state index is 11.6. The van der Waals surface area contributed by atoms with Crippen molar-refractivity contribution >= 4 is 39.7 Å². The summed E-state index contributed by atoms with van der Waals surface area (Å²) in [6, 6.07) is 25.2.